The SMILES string of the molecule is CC1(C)CC(=O)c2cnc3cc(-c4ccc(Cl)cc4)nn3c2C1. The Morgan fingerprint density at radius 1 is 1.17 bits per heavy atom. The lowest BCUT2D eigenvalue weighted by Gasteiger charge is -2.29. The summed E-state index contributed by atoms with van der Waals surface area (Å²) in [6.07, 6.45) is 3.06. The monoisotopic (exact) mass is 325 g/mol. The number of ketones is 1. The molecule has 0 spiro atoms. The van der Waals surface area contributed by atoms with E-state index in [4.69, 9.17) is 11.6 Å². The van der Waals surface area contributed by atoms with E-state index in [-0.39, 0.29) is 11.2 Å². The molecule has 0 saturated carbocycles. The van der Waals surface area contributed by atoms with Crippen LogP contribution in [0.25, 0.3) is 16.9 Å². The molecule has 0 amide bonds. The Balaban J connectivity index is 1.90. The summed E-state index contributed by atoms with van der Waals surface area (Å²) in [4.78, 5) is 16.8. The van der Waals surface area contributed by atoms with Gasteiger partial charge in [0.25, 0.3) is 0 Å². The maximum atomic E-state index is 12.4. The highest BCUT2D eigenvalue weighted by atomic mass is 35.5. The lowest BCUT2D eigenvalue weighted by molar-refractivity contribution is 0.0908. The molecule has 0 atom stereocenters. The van der Waals surface area contributed by atoms with Crippen LogP contribution in [0.1, 0.15) is 36.3 Å². The molecule has 0 unspecified atom stereocenters. The zero-order chi connectivity index (χ0) is 16.2. The van der Waals surface area contributed by atoms with Crippen LogP contribution in [-0.4, -0.2) is 20.4 Å². The third-order valence-electron chi connectivity index (χ3n) is 4.31. The third kappa shape index (κ3) is 2.43. The van der Waals surface area contributed by atoms with E-state index in [1.165, 1.54) is 0 Å². The predicted molar refractivity (Wildman–Crippen MR) is 89.9 cm³/mol. The quantitative estimate of drug-likeness (QED) is 0.673. The second-order valence-electron chi connectivity index (χ2n) is 6.87. The highest BCUT2D eigenvalue weighted by molar-refractivity contribution is 6.30. The number of carbonyl (C=O) groups excluding carboxylic acids is 1. The molecule has 0 saturated heterocycles. The normalized spacial score (nSPS) is 16.6. The van der Waals surface area contributed by atoms with Gasteiger partial charge in [-0.25, -0.2) is 9.50 Å². The van der Waals surface area contributed by atoms with Crippen molar-refractivity contribution in [1.29, 1.82) is 0 Å². The van der Waals surface area contributed by atoms with Crippen molar-refractivity contribution in [2.24, 2.45) is 5.41 Å². The van der Waals surface area contributed by atoms with E-state index in [0.29, 0.717) is 17.0 Å². The molecule has 3 aromatic rings. The number of carbonyl (C=O) groups is 1. The minimum atomic E-state index is -0.0508. The molecule has 0 fully saturated rings. The molecule has 0 aliphatic heterocycles. The van der Waals surface area contributed by atoms with Gasteiger partial charge in [0.05, 0.1) is 17.0 Å². The van der Waals surface area contributed by atoms with Crippen molar-refractivity contribution in [3.8, 4) is 11.3 Å². The van der Waals surface area contributed by atoms with E-state index in [0.717, 1.165) is 29.0 Å². The Bertz CT molecular complexity index is 925. The van der Waals surface area contributed by atoms with Crippen molar-refractivity contribution in [2.75, 3.05) is 0 Å². The zero-order valence-electron chi connectivity index (χ0n) is 13.0. The van der Waals surface area contributed by atoms with E-state index in [2.05, 4.69) is 23.9 Å². The second kappa shape index (κ2) is 4.90. The number of aromatic nitrogens is 3. The van der Waals surface area contributed by atoms with Gasteiger partial charge in [0.15, 0.2) is 11.4 Å². The van der Waals surface area contributed by atoms with Crippen molar-refractivity contribution in [2.45, 2.75) is 26.7 Å². The van der Waals surface area contributed by atoms with Crippen molar-refractivity contribution < 1.29 is 4.79 Å². The molecule has 1 aliphatic rings. The van der Waals surface area contributed by atoms with Crippen molar-refractivity contribution >= 4 is 23.0 Å². The second-order valence-corrected chi connectivity index (χ2v) is 7.30. The van der Waals surface area contributed by atoms with Gasteiger partial charge in [-0.15, -0.1) is 0 Å². The maximum Gasteiger partial charge on any atom is 0.166 e. The molecule has 0 radical (unpaired) electrons. The van der Waals surface area contributed by atoms with Crippen LogP contribution in [0.15, 0.2) is 36.5 Å². The summed E-state index contributed by atoms with van der Waals surface area (Å²) < 4.78 is 1.82. The summed E-state index contributed by atoms with van der Waals surface area (Å²) in [5.41, 5.74) is 4.18. The van der Waals surface area contributed by atoms with E-state index in [9.17, 15) is 4.79 Å². The molecule has 4 rings (SSSR count). The van der Waals surface area contributed by atoms with E-state index in [1.54, 1.807) is 6.20 Å². The van der Waals surface area contributed by atoms with Gasteiger partial charge >= 0.3 is 0 Å². The number of rotatable bonds is 1. The van der Waals surface area contributed by atoms with Gasteiger partial charge in [0.1, 0.15) is 0 Å². The highest BCUT2D eigenvalue weighted by Gasteiger charge is 2.33. The summed E-state index contributed by atoms with van der Waals surface area (Å²) >= 11 is 5.94. The predicted octanol–water partition coefficient (Wildman–Crippen LogP) is 4.20. The molecule has 0 N–H and O–H groups in total. The van der Waals surface area contributed by atoms with Crippen LogP contribution >= 0.6 is 11.6 Å². The molecule has 5 heteroatoms. The van der Waals surface area contributed by atoms with Gasteiger partial charge in [-0.2, -0.15) is 5.10 Å². The first kappa shape index (κ1) is 14.4. The standard InChI is InChI=1S/C18H16ClN3O/c1-18(2)8-15-13(16(23)9-18)10-20-17-7-14(21-22(15)17)11-3-5-12(19)6-4-11/h3-7,10H,8-9H2,1-2H3. The first-order chi connectivity index (χ1) is 10.9. The van der Waals surface area contributed by atoms with E-state index < -0.39 is 0 Å². The Hall–Kier alpha value is -2.20. The lowest BCUT2D eigenvalue weighted by atomic mass is 9.76. The van der Waals surface area contributed by atoms with Gasteiger partial charge in [-0.3, -0.25) is 4.79 Å². The van der Waals surface area contributed by atoms with E-state index in [1.807, 2.05) is 34.8 Å². The average molecular weight is 326 g/mol. The van der Waals surface area contributed by atoms with Crippen LogP contribution in [-0.2, 0) is 6.42 Å². The van der Waals surface area contributed by atoms with Crippen LogP contribution in [0.3, 0.4) is 0 Å². The Labute approximate surface area is 139 Å². The summed E-state index contributed by atoms with van der Waals surface area (Å²) in [6, 6.07) is 9.50. The summed E-state index contributed by atoms with van der Waals surface area (Å²) in [6.45, 7) is 4.23. The largest absolute Gasteiger partial charge is 0.294 e. The maximum absolute atomic E-state index is 12.4. The number of fused-ring (bicyclic) bond motifs is 3. The molecular weight excluding hydrogens is 310 g/mol. The fraction of sp³-hybridized carbons (Fsp3) is 0.278. The Kier molecular flexibility index (Phi) is 3.07. The fourth-order valence-corrected chi connectivity index (χ4v) is 3.32. The van der Waals surface area contributed by atoms with Gasteiger partial charge < -0.3 is 0 Å². The molecule has 4 nitrogen and oxygen atoms in total. The summed E-state index contributed by atoms with van der Waals surface area (Å²) in [5, 5.41) is 5.38. The van der Waals surface area contributed by atoms with Crippen molar-refractivity contribution in [3.63, 3.8) is 0 Å². The molecule has 23 heavy (non-hydrogen) atoms. The number of Topliss-reactive ketones (excluding diaryl/α,β-unsaturated/α-hetero) is 1. The van der Waals surface area contributed by atoms with Gasteiger partial charge in [-0.05, 0) is 24.0 Å². The van der Waals surface area contributed by atoms with Gasteiger partial charge in [0.2, 0.25) is 0 Å². The smallest absolute Gasteiger partial charge is 0.166 e. The highest BCUT2D eigenvalue weighted by Crippen LogP contribution is 2.35. The zero-order valence-corrected chi connectivity index (χ0v) is 13.8. The molecule has 0 bridgehead atoms. The Morgan fingerprint density at radius 3 is 2.65 bits per heavy atom. The number of hydrogen-bond donors (Lipinski definition) is 0. The number of nitrogens with zero attached hydrogens (tertiary/aromatic N) is 3. The minimum absolute atomic E-state index is 0.0508. The number of hydrogen-bond acceptors (Lipinski definition) is 3. The summed E-state index contributed by atoms with van der Waals surface area (Å²) in [5.74, 6) is 0.147. The summed E-state index contributed by atoms with van der Waals surface area (Å²) in [7, 11) is 0. The first-order valence-electron chi connectivity index (χ1n) is 7.60. The van der Waals surface area contributed by atoms with Crippen LogP contribution in [0.4, 0.5) is 0 Å². The molecule has 2 heterocycles. The lowest BCUT2D eigenvalue weighted by Crippen LogP contribution is -2.29. The third-order valence-corrected chi connectivity index (χ3v) is 4.56. The van der Waals surface area contributed by atoms with Crippen LogP contribution in [0.5, 0.6) is 0 Å². The topological polar surface area (TPSA) is 47.3 Å². The van der Waals surface area contributed by atoms with Crippen LogP contribution in [0.2, 0.25) is 5.02 Å². The van der Waals surface area contributed by atoms with Crippen molar-refractivity contribution in [1.82, 2.24) is 14.6 Å². The molecule has 1 aliphatic carbocycles. The van der Waals surface area contributed by atoms with Crippen LogP contribution in [0, 0.1) is 5.41 Å². The minimum Gasteiger partial charge on any atom is -0.294 e. The molecule has 1 aromatic carbocycles. The van der Waals surface area contributed by atoms with E-state index >= 15 is 0 Å². The van der Waals surface area contributed by atoms with Crippen molar-refractivity contribution in [3.05, 3.63) is 52.8 Å². The first-order valence-corrected chi connectivity index (χ1v) is 7.98. The number of halogens is 1. The van der Waals surface area contributed by atoms with Gasteiger partial charge in [-0.1, -0.05) is 37.6 Å². The fourth-order valence-electron chi connectivity index (χ4n) is 3.19. The molecule has 116 valence electrons. The van der Waals surface area contributed by atoms with Crippen LogP contribution < -0.4 is 0 Å². The molecule has 2 aromatic heterocycles. The average Bonchev–Trinajstić information content (AvgIpc) is 2.91. The number of benzene rings is 1. The molecular formula is C18H16ClN3O. The Morgan fingerprint density at radius 2 is 1.91 bits per heavy atom. The van der Waals surface area contributed by atoms with Gasteiger partial charge in [0, 0.05) is 29.3 Å².